The summed E-state index contributed by atoms with van der Waals surface area (Å²) in [4.78, 5) is 17.4. The molecule has 2 aromatic rings. The first-order valence-corrected chi connectivity index (χ1v) is 9.12. The summed E-state index contributed by atoms with van der Waals surface area (Å²) in [7, 11) is 0. The molecule has 3 N–H and O–H groups in total. The highest BCUT2D eigenvalue weighted by Gasteiger charge is 2.62. The van der Waals surface area contributed by atoms with Crippen LogP contribution in [0.5, 0.6) is 0 Å². The van der Waals surface area contributed by atoms with E-state index in [4.69, 9.17) is 14.9 Å². The molecule has 1 saturated carbocycles. The largest absolute Gasteiger partial charge is 0.440 e. The number of anilines is 1. The third kappa shape index (κ3) is 2.91. The second-order valence-electron chi connectivity index (χ2n) is 8.75. The average molecular weight is 359 g/mol. The maximum absolute atomic E-state index is 12.8. The first-order chi connectivity index (χ1) is 12.0. The zero-order valence-corrected chi connectivity index (χ0v) is 16.5. The van der Waals surface area contributed by atoms with Crippen LogP contribution in [-0.2, 0) is 14.9 Å². The predicted molar refractivity (Wildman–Crippen MR) is 102 cm³/mol. The molecule has 0 saturated heterocycles. The predicted octanol–water partition coefficient (Wildman–Crippen LogP) is 3.60. The van der Waals surface area contributed by atoms with E-state index in [1.807, 2.05) is 59.7 Å². The number of fused-ring (bicyclic) bond motifs is 1. The number of nitrogens with one attached hydrogen (secondary N) is 1. The Hall–Kier alpha value is -1.92. The van der Waals surface area contributed by atoms with Crippen LogP contribution in [0, 0.1) is 5.41 Å². The minimum atomic E-state index is -0.956. The number of nitrogens with two attached hydrogens (primary N) is 1. The van der Waals surface area contributed by atoms with Crippen molar-refractivity contribution in [3.63, 3.8) is 0 Å². The molecule has 0 spiro atoms. The molecule has 1 aromatic carbocycles. The number of oxazole rings is 1. The number of ether oxygens (including phenoxy) is 1. The normalized spacial score (nSPS) is 25.1. The van der Waals surface area contributed by atoms with Crippen molar-refractivity contribution in [2.45, 2.75) is 65.0 Å². The van der Waals surface area contributed by atoms with E-state index < -0.39 is 11.0 Å². The molecular weight excluding hydrogens is 330 g/mol. The summed E-state index contributed by atoms with van der Waals surface area (Å²) in [6.07, 6.45) is 0.510. The SMILES string of the molecule is CCOC1CC(N)(C(=O)Nc2ccc3oc(C(C)(C)C)nc3c2)C1(C)C. The number of benzene rings is 1. The van der Waals surface area contributed by atoms with E-state index in [1.165, 1.54) is 0 Å². The zero-order chi connectivity index (χ0) is 19.3. The Morgan fingerprint density at radius 3 is 2.69 bits per heavy atom. The molecule has 142 valence electrons. The summed E-state index contributed by atoms with van der Waals surface area (Å²) in [5.41, 5.74) is 6.97. The van der Waals surface area contributed by atoms with Gasteiger partial charge >= 0.3 is 0 Å². The Morgan fingerprint density at radius 2 is 2.12 bits per heavy atom. The first-order valence-electron chi connectivity index (χ1n) is 9.12. The Labute approximate surface area is 154 Å². The third-order valence-corrected chi connectivity index (χ3v) is 5.52. The van der Waals surface area contributed by atoms with Crippen LogP contribution in [0.4, 0.5) is 5.69 Å². The molecule has 0 aliphatic heterocycles. The number of carbonyl (C=O) groups is 1. The molecule has 0 radical (unpaired) electrons. The Balaban J connectivity index is 1.80. The van der Waals surface area contributed by atoms with Crippen molar-refractivity contribution in [2.24, 2.45) is 11.1 Å². The molecule has 2 unspecified atom stereocenters. The minimum Gasteiger partial charge on any atom is -0.440 e. The van der Waals surface area contributed by atoms with Gasteiger partial charge in [-0.2, -0.15) is 0 Å². The minimum absolute atomic E-state index is 0.00406. The lowest BCUT2D eigenvalue weighted by Gasteiger charge is -2.57. The van der Waals surface area contributed by atoms with Gasteiger partial charge in [-0.25, -0.2) is 4.98 Å². The van der Waals surface area contributed by atoms with Crippen molar-refractivity contribution in [2.75, 3.05) is 11.9 Å². The van der Waals surface area contributed by atoms with Crippen LogP contribution in [0.1, 0.15) is 53.9 Å². The number of hydrogen-bond acceptors (Lipinski definition) is 5. The Kier molecular flexibility index (Phi) is 4.40. The molecule has 0 bridgehead atoms. The van der Waals surface area contributed by atoms with Crippen molar-refractivity contribution in [3.05, 3.63) is 24.1 Å². The lowest BCUT2D eigenvalue weighted by molar-refractivity contribution is -0.166. The van der Waals surface area contributed by atoms with Crippen LogP contribution in [-0.4, -0.2) is 29.1 Å². The van der Waals surface area contributed by atoms with Crippen molar-refractivity contribution < 1.29 is 13.9 Å². The molecule has 2 atom stereocenters. The number of hydrogen-bond donors (Lipinski definition) is 2. The van der Waals surface area contributed by atoms with Crippen LogP contribution < -0.4 is 11.1 Å². The molecule has 1 heterocycles. The fourth-order valence-corrected chi connectivity index (χ4v) is 3.39. The van der Waals surface area contributed by atoms with Crippen molar-refractivity contribution >= 4 is 22.7 Å². The second-order valence-corrected chi connectivity index (χ2v) is 8.75. The third-order valence-electron chi connectivity index (χ3n) is 5.52. The summed E-state index contributed by atoms with van der Waals surface area (Å²) < 4.78 is 11.5. The standard InChI is InChI=1S/C20H29N3O3/c1-7-25-15-11-20(21,19(15,5)6)16(24)22-12-8-9-14-13(10-12)23-17(26-14)18(2,3)4/h8-10,15H,7,11,21H2,1-6H3,(H,22,24). The highest BCUT2D eigenvalue weighted by Crippen LogP contribution is 2.50. The Bertz CT molecular complexity index is 834. The van der Waals surface area contributed by atoms with Gasteiger partial charge in [0.05, 0.1) is 6.10 Å². The number of nitrogens with zero attached hydrogens (tertiary/aromatic N) is 1. The number of carbonyl (C=O) groups excluding carboxylic acids is 1. The van der Waals surface area contributed by atoms with E-state index in [9.17, 15) is 4.79 Å². The van der Waals surface area contributed by atoms with Crippen molar-refractivity contribution in [1.82, 2.24) is 4.98 Å². The topological polar surface area (TPSA) is 90.4 Å². The zero-order valence-electron chi connectivity index (χ0n) is 16.5. The molecule has 1 aliphatic carbocycles. The van der Waals surface area contributed by atoms with Crippen LogP contribution in [0.15, 0.2) is 22.6 Å². The molecule has 3 rings (SSSR count). The summed E-state index contributed by atoms with van der Waals surface area (Å²) in [6.45, 7) is 12.7. The maximum Gasteiger partial charge on any atom is 0.245 e. The van der Waals surface area contributed by atoms with E-state index in [0.29, 0.717) is 30.2 Å². The molecule has 1 amide bonds. The van der Waals surface area contributed by atoms with Crippen LogP contribution in [0.2, 0.25) is 0 Å². The molecular formula is C20H29N3O3. The highest BCUT2D eigenvalue weighted by atomic mass is 16.5. The molecule has 1 fully saturated rings. The van der Waals surface area contributed by atoms with Gasteiger partial charge in [-0.15, -0.1) is 0 Å². The van der Waals surface area contributed by atoms with Gasteiger partial charge in [0.15, 0.2) is 5.58 Å². The van der Waals surface area contributed by atoms with Gasteiger partial charge in [0.1, 0.15) is 11.1 Å². The Morgan fingerprint density at radius 1 is 1.42 bits per heavy atom. The lowest BCUT2D eigenvalue weighted by Crippen LogP contribution is -2.74. The van der Waals surface area contributed by atoms with Gasteiger partial charge in [0, 0.05) is 29.5 Å². The highest BCUT2D eigenvalue weighted by molar-refractivity contribution is 6.00. The lowest BCUT2D eigenvalue weighted by atomic mass is 9.54. The monoisotopic (exact) mass is 359 g/mol. The number of aromatic nitrogens is 1. The van der Waals surface area contributed by atoms with E-state index >= 15 is 0 Å². The molecule has 1 aromatic heterocycles. The van der Waals surface area contributed by atoms with E-state index in [2.05, 4.69) is 10.3 Å². The van der Waals surface area contributed by atoms with E-state index in [1.54, 1.807) is 0 Å². The van der Waals surface area contributed by atoms with Gasteiger partial charge in [-0.3, -0.25) is 4.79 Å². The van der Waals surface area contributed by atoms with Gasteiger partial charge in [0.2, 0.25) is 11.8 Å². The van der Waals surface area contributed by atoms with Crippen molar-refractivity contribution in [3.8, 4) is 0 Å². The first kappa shape index (κ1) is 18.9. The summed E-state index contributed by atoms with van der Waals surface area (Å²) in [5.74, 6) is 0.475. The number of amides is 1. The summed E-state index contributed by atoms with van der Waals surface area (Å²) in [5, 5.41) is 2.94. The summed E-state index contributed by atoms with van der Waals surface area (Å²) >= 11 is 0. The summed E-state index contributed by atoms with van der Waals surface area (Å²) in [6, 6.07) is 5.46. The van der Waals surface area contributed by atoms with Crippen LogP contribution in [0.3, 0.4) is 0 Å². The molecule has 6 heteroatoms. The van der Waals surface area contributed by atoms with Gasteiger partial charge in [-0.05, 0) is 25.1 Å². The van der Waals surface area contributed by atoms with E-state index in [-0.39, 0.29) is 17.4 Å². The quantitative estimate of drug-likeness (QED) is 0.870. The maximum atomic E-state index is 12.8. The smallest absolute Gasteiger partial charge is 0.245 e. The molecule has 6 nitrogen and oxygen atoms in total. The van der Waals surface area contributed by atoms with Crippen LogP contribution in [0.25, 0.3) is 11.1 Å². The molecule has 1 aliphatic rings. The van der Waals surface area contributed by atoms with Crippen LogP contribution >= 0.6 is 0 Å². The van der Waals surface area contributed by atoms with Gasteiger partial charge in [-0.1, -0.05) is 34.6 Å². The molecule has 26 heavy (non-hydrogen) atoms. The fraction of sp³-hybridized carbons (Fsp3) is 0.600. The fourth-order valence-electron chi connectivity index (χ4n) is 3.39. The average Bonchev–Trinajstić information content (AvgIpc) is 2.98. The van der Waals surface area contributed by atoms with Crippen molar-refractivity contribution in [1.29, 1.82) is 0 Å². The van der Waals surface area contributed by atoms with Gasteiger partial charge in [0.25, 0.3) is 0 Å². The van der Waals surface area contributed by atoms with Gasteiger partial charge < -0.3 is 20.2 Å². The second kappa shape index (κ2) is 6.06. The number of rotatable bonds is 4. The van der Waals surface area contributed by atoms with E-state index in [0.717, 1.165) is 5.52 Å².